The van der Waals surface area contributed by atoms with Crippen LogP contribution in [0.4, 0.5) is 0 Å². The molecule has 12 nitrogen and oxygen atoms in total. The molecule has 4 heterocycles. The molecule has 8 rings (SSSR count). The van der Waals surface area contributed by atoms with Crippen LogP contribution in [0.1, 0.15) is 77.4 Å². The van der Waals surface area contributed by atoms with Gasteiger partial charge in [-0.1, -0.05) is 45.0 Å². The minimum atomic E-state index is -3.85. The van der Waals surface area contributed by atoms with Crippen molar-refractivity contribution in [3.05, 3.63) is 77.3 Å². The zero-order valence-electron chi connectivity index (χ0n) is 34.8. The third kappa shape index (κ3) is 8.45. The average Bonchev–Trinajstić information content (AvgIpc) is 4.04. The van der Waals surface area contributed by atoms with Gasteiger partial charge < -0.3 is 14.4 Å². The van der Waals surface area contributed by atoms with Crippen molar-refractivity contribution < 1.29 is 32.3 Å². The van der Waals surface area contributed by atoms with Gasteiger partial charge in [0.05, 0.1) is 39.9 Å². The Balaban J connectivity index is 1.14. The normalized spacial score (nSPS) is 22.2. The zero-order valence-corrected chi connectivity index (χ0v) is 37.2. The molecule has 3 fully saturated rings. The topological polar surface area (TPSA) is 158 Å². The number of amides is 2. The average molecular weight is 870 g/mol. The summed E-state index contributed by atoms with van der Waals surface area (Å²) in [6, 6.07) is 14.6. The molecule has 60 heavy (non-hydrogen) atoms. The summed E-state index contributed by atoms with van der Waals surface area (Å²) in [6.45, 7) is 15.9. The van der Waals surface area contributed by atoms with Gasteiger partial charge in [0.2, 0.25) is 27.7 Å². The zero-order chi connectivity index (χ0) is 42.7. The molecule has 0 radical (unpaired) electrons. The highest BCUT2D eigenvalue weighted by atomic mass is 32.2. The van der Waals surface area contributed by atoms with E-state index in [-0.39, 0.29) is 43.1 Å². The number of carbonyl (C=O) groups is 3. The van der Waals surface area contributed by atoms with E-state index >= 15 is 0 Å². The maximum absolute atomic E-state index is 15.0. The first-order valence-corrected chi connectivity index (χ1v) is 23.8. The molecule has 3 aliphatic rings. The maximum Gasteiger partial charge on any atom is 0.240 e. The quantitative estimate of drug-likeness (QED) is 0.102. The molecule has 2 saturated carbocycles. The van der Waals surface area contributed by atoms with Crippen LogP contribution in [-0.2, 0) is 30.8 Å². The van der Waals surface area contributed by atoms with E-state index in [1.165, 1.54) is 22.7 Å². The largest absolute Gasteiger partial charge is 0.491 e. The van der Waals surface area contributed by atoms with E-state index in [4.69, 9.17) is 19.4 Å². The van der Waals surface area contributed by atoms with Crippen molar-refractivity contribution in [1.82, 2.24) is 24.6 Å². The highest BCUT2D eigenvalue weighted by Crippen LogP contribution is 2.57. The van der Waals surface area contributed by atoms with Crippen LogP contribution in [0.15, 0.2) is 66.6 Å². The van der Waals surface area contributed by atoms with Gasteiger partial charge in [-0.05, 0) is 81.7 Å². The van der Waals surface area contributed by atoms with Gasteiger partial charge in [-0.15, -0.1) is 29.3 Å². The molecular weight excluding hydrogens is 819 g/mol. The van der Waals surface area contributed by atoms with Gasteiger partial charge >= 0.3 is 0 Å². The van der Waals surface area contributed by atoms with E-state index in [0.717, 1.165) is 42.3 Å². The maximum atomic E-state index is 15.0. The number of carbonyl (C=O) groups excluding carboxylic acids is 3. The summed E-state index contributed by atoms with van der Waals surface area (Å²) in [7, 11) is -3.85. The van der Waals surface area contributed by atoms with Crippen LogP contribution in [0.5, 0.6) is 11.6 Å². The molecule has 316 valence electrons. The number of hydrogen-bond donors (Lipinski definition) is 1. The molecular formula is C45H51N5O7S3. The minimum Gasteiger partial charge on any atom is -0.491 e. The summed E-state index contributed by atoms with van der Waals surface area (Å²) in [6.07, 6.45) is 2.58. The molecule has 1 N–H and O–H groups in total. The van der Waals surface area contributed by atoms with Crippen molar-refractivity contribution in [3.8, 4) is 23.0 Å². The third-order valence-electron chi connectivity index (χ3n) is 11.8. The number of nitrogens with one attached hydrogen (secondary N) is 1. The summed E-state index contributed by atoms with van der Waals surface area (Å²) in [5.41, 5.74) is 0.622. The van der Waals surface area contributed by atoms with Crippen molar-refractivity contribution in [1.29, 1.82) is 0 Å². The van der Waals surface area contributed by atoms with Gasteiger partial charge in [-0.3, -0.25) is 19.1 Å². The number of benzene rings is 2. The number of rotatable bonds is 15. The number of thiophene rings is 1. The van der Waals surface area contributed by atoms with E-state index in [2.05, 4.69) is 16.3 Å². The number of aryl methyl sites for hydroxylation is 1. The molecule has 15 heteroatoms. The summed E-state index contributed by atoms with van der Waals surface area (Å²) < 4.78 is 42.5. The Morgan fingerprint density at radius 1 is 1.07 bits per heavy atom. The summed E-state index contributed by atoms with van der Waals surface area (Å²) in [5, 5.41) is 3.16. The van der Waals surface area contributed by atoms with Crippen molar-refractivity contribution in [2.24, 2.45) is 22.7 Å². The van der Waals surface area contributed by atoms with Gasteiger partial charge in [0, 0.05) is 51.9 Å². The standard InChI is InChI=1S/C45H51N5O7S3/c1-8-28-21-45(28,43(53)49-60(54,55)31-17-18-31)22-35(51)34-19-30(23-50(34)42(52)33(44(5,6)7)20-37-46-26(4)24-58-37)57-41-39-38(32-11-9-10-12-36(32)59-39)47-40(48-41)27-13-15-29(16-14-27)56-25(2)3/h8-16,24-25,28,30-31,33-34H,1,17-23H2,2-7H3,(H,49,53)/t28-,30-,33-,34+,45-/m1/s1. The van der Waals surface area contributed by atoms with E-state index in [1.54, 1.807) is 11.0 Å². The first-order chi connectivity index (χ1) is 28.5. The van der Waals surface area contributed by atoms with Crippen LogP contribution in [0.25, 0.3) is 31.7 Å². The Kier molecular flexibility index (Phi) is 11.2. The van der Waals surface area contributed by atoms with Crippen LogP contribution in [0.3, 0.4) is 0 Å². The number of aromatic nitrogens is 3. The fourth-order valence-corrected chi connectivity index (χ4v) is 11.5. The molecule has 3 aromatic heterocycles. The molecule has 0 bridgehead atoms. The minimum absolute atomic E-state index is 0.0169. The molecule has 0 unspecified atom stereocenters. The van der Waals surface area contributed by atoms with Gasteiger partial charge in [0.25, 0.3) is 0 Å². The van der Waals surface area contributed by atoms with E-state index < -0.39 is 50.1 Å². The van der Waals surface area contributed by atoms with Gasteiger partial charge in [0.1, 0.15) is 16.6 Å². The van der Waals surface area contributed by atoms with Gasteiger partial charge in [-0.25, -0.2) is 18.4 Å². The lowest BCUT2D eigenvalue weighted by atomic mass is 9.77. The molecule has 2 amide bonds. The van der Waals surface area contributed by atoms with E-state index in [0.29, 0.717) is 37.4 Å². The second-order valence-electron chi connectivity index (χ2n) is 17.8. The first kappa shape index (κ1) is 42.0. The molecule has 0 spiro atoms. The smallest absolute Gasteiger partial charge is 0.240 e. The Morgan fingerprint density at radius 3 is 2.43 bits per heavy atom. The Morgan fingerprint density at radius 2 is 1.80 bits per heavy atom. The predicted molar refractivity (Wildman–Crippen MR) is 235 cm³/mol. The number of hydrogen-bond acceptors (Lipinski definition) is 12. The lowest BCUT2D eigenvalue weighted by molar-refractivity contribution is -0.144. The van der Waals surface area contributed by atoms with Crippen molar-refractivity contribution in [3.63, 3.8) is 0 Å². The number of likely N-dealkylation sites (tertiary alicyclic amines) is 1. The number of allylic oxidation sites excluding steroid dienone is 1. The first-order valence-electron chi connectivity index (χ1n) is 20.5. The summed E-state index contributed by atoms with van der Waals surface area (Å²) in [5.74, 6) is -0.581. The lowest BCUT2D eigenvalue weighted by Crippen LogP contribution is -2.48. The number of nitrogens with zero attached hydrogens (tertiary/aromatic N) is 4. The van der Waals surface area contributed by atoms with Crippen LogP contribution in [0, 0.1) is 29.6 Å². The van der Waals surface area contributed by atoms with Gasteiger partial charge in [0.15, 0.2) is 11.6 Å². The molecule has 5 atom stereocenters. The molecule has 1 aliphatic heterocycles. The van der Waals surface area contributed by atoms with Crippen LogP contribution >= 0.6 is 22.7 Å². The highest BCUT2D eigenvalue weighted by Gasteiger charge is 2.61. The van der Waals surface area contributed by atoms with Crippen LogP contribution in [-0.4, -0.2) is 75.9 Å². The Hall–Kier alpha value is -4.73. The number of ketones is 1. The molecule has 5 aromatic rings. The number of fused-ring (bicyclic) bond motifs is 3. The second-order valence-corrected chi connectivity index (χ2v) is 21.8. The number of Topliss-reactive ketones (excluding diaryl/α,β-unsaturated/α-hetero) is 1. The number of thiazole rings is 1. The molecule has 1 saturated heterocycles. The Labute approximate surface area is 358 Å². The monoisotopic (exact) mass is 869 g/mol. The summed E-state index contributed by atoms with van der Waals surface area (Å²) in [4.78, 5) is 59.7. The van der Waals surface area contributed by atoms with Crippen molar-refractivity contribution in [2.75, 3.05) is 6.54 Å². The summed E-state index contributed by atoms with van der Waals surface area (Å²) >= 11 is 3.02. The van der Waals surface area contributed by atoms with E-state index in [9.17, 15) is 22.8 Å². The van der Waals surface area contributed by atoms with Crippen molar-refractivity contribution >= 4 is 70.6 Å². The predicted octanol–water partition coefficient (Wildman–Crippen LogP) is 8.08. The van der Waals surface area contributed by atoms with Crippen LogP contribution in [0.2, 0.25) is 0 Å². The second kappa shape index (κ2) is 15.9. The fraction of sp³-hybridized carbons (Fsp3) is 0.467. The lowest BCUT2D eigenvalue weighted by Gasteiger charge is -2.35. The third-order valence-corrected chi connectivity index (χ3v) is 15.8. The Bertz CT molecular complexity index is 2590. The molecule has 2 aromatic carbocycles. The highest BCUT2D eigenvalue weighted by molar-refractivity contribution is 7.90. The molecule has 2 aliphatic carbocycles. The number of ether oxygens (including phenoxy) is 2. The van der Waals surface area contributed by atoms with Gasteiger partial charge in [-0.2, -0.15) is 4.98 Å². The van der Waals surface area contributed by atoms with Crippen LogP contribution < -0.4 is 14.2 Å². The number of sulfonamides is 1. The van der Waals surface area contributed by atoms with E-state index in [1.807, 2.05) is 95.5 Å². The fourth-order valence-electron chi connectivity index (χ4n) is 8.26. The van der Waals surface area contributed by atoms with Crippen molar-refractivity contribution in [2.45, 2.75) is 104 Å². The SMILES string of the molecule is C=C[C@@H]1C[C@]1(CC(=O)[C@@H]1C[C@@H](Oc2nc(-c3ccc(OC(C)C)cc3)nc3c2sc2ccccc23)CN1C(=O)[C@@H](Cc1nc(C)cs1)C(C)(C)C)C(=O)NS(=O)(=O)C1CC1.